The Hall–Kier alpha value is -2.29. The summed E-state index contributed by atoms with van der Waals surface area (Å²) in [6, 6.07) is 18.5. The van der Waals surface area contributed by atoms with Gasteiger partial charge in [-0.1, -0.05) is 54.6 Å². The summed E-state index contributed by atoms with van der Waals surface area (Å²) in [5, 5.41) is 0. The van der Waals surface area contributed by atoms with Gasteiger partial charge in [-0.25, -0.2) is 0 Å². The average molecular weight is 480 g/mol. The fourth-order valence-electron chi connectivity index (χ4n) is 5.97. The largest absolute Gasteiger partial charge is 0.348 e. The molecule has 4 aliphatic heterocycles. The molecule has 0 radical (unpaired) electrons. The number of rotatable bonds is 3. The molecule has 1 amide bonds. The molecular formula is C28H33NO6. The Bertz CT molecular complexity index is 1120. The second-order valence-corrected chi connectivity index (χ2v) is 10.8. The van der Waals surface area contributed by atoms with E-state index in [0.717, 1.165) is 6.42 Å². The lowest BCUT2D eigenvalue weighted by molar-refractivity contribution is -0.325. The lowest BCUT2D eigenvalue weighted by Gasteiger charge is -2.41. The zero-order chi connectivity index (χ0) is 24.4. The van der Waals surface area contributed by atoms with E-state index in [1.165, 1.54) is 16.7 Å². The highest BCUT2D eigenvalue weighted by atomic mass is 16.9. The fourth-order valence-corrected chi connectivity index (χ4v) is 5.97. The lowest BCUT2D eigenvalue weighted by atomic mass is 9.87. The molecule has 0 saturated carbocycles. The van der Waals surface area contributed by atoms with Crippen molar-refractivity contribution in [3.63, 3.8) is 0 Å². The Morgan fingerprint density at radius 3 is 2.49 bits per heavy atom. The first-order valence-corrected chi connectivity index (χ1v) is 12.5. The smallest absolute Gasteiger partial charge is 0.286 e. The van der Waals surface area contributed by atoms with Gasteiger partial charge in [0.05, 0.1) is 12.6 Å². The van der Waals surface area contributed by atoms with Crippen LogP contribution >= 0.6 is 0 Å². The minimum absolute atomic E-state index is 0.142. The van der Waals surface area contributed by atoms with Crippen LogP contribution in [0.5, 0.6) is 0 Å². The van der Waals surface area contributed by atoms with Crippen LogP contribution in [0.1, 0.15) is 50.4 Å². The number of fused-ring (bicyclic) bond motifs is 4. The van der Waals surface area contributed by atoms with Crippen molar-refractivity contribution >= 4 is 5.91 Å². The van der Waals surface area contributed by atoms with Crippen LogP contribution in [0.4, 0.5) is 0 Å². The molecule has 0 aromatic heterocycles. The van der Waals surface area contributed by atoms with E-state index < -0.39 is 35.7 Å². The van der Waals surface area contributed by atoms with Crippen molar-refractivity contribution in [3.8, 4) is 0 Å². The molecular weight excluding hydrogens is 446 g/mol. The lowest BCUT2D eigenvalue weighted by Crippen LogP contribution is -2.57. The van der Waals surface area contributed by atoms with Crippen molar-refractivity contribution in [1.82, 2.24) is 4.90 Å². The summed E-state index contributed by atoms with van der Waals surface area (Å²) in [5.41, 5.74) is 3.61. The molecule has 0 aliphatic carbocycles. The van der Waals surface area contributed by atoms with Crippen LogP contribution in [0.2, 0.25) is 0 Å². The molecule has 3 saturated heterocycles. The molecule has 0 N–H and O–H groups in total. The Morgan fingerprint density at radius 2 is 1.69 bits per heavy atom. The third kappa shape index (κ3) is 3.90. The van der Waals surface area contributed by atoms with Crippen molar-refractivity contribution in [1.29, 1.82) is 0 Å². The van der Waals surface area contributed by atoms with E-state index in [1.807, 2.05) is 56.9 Å². The molecule has 5 atom stereocenters. The van der Waals surface area contributed by atoms with E-state index in [9.17, 15) is 4.79 Å². The zero-order valence-electron chi connectivity index (χ0n) is 20.7. The minimum atomic E-state index is -1.58. The summed E-state index contributed by atoms with van der Waals surface area (Å²) in [5.74, 6) is -3.57. The second kappa shape index (κ2) is 8.11. The first-order valence-electron chi connectivity index (χ1n) is 12.5. The first kappa shape index (κ1) is 23.1. The Labute approximate surface area is 206 Å². The monoisotopic (exact) mass is 479 g/mol. The summed E-state index contributed by atoms with van der Waals surface area (Å²) in [4.78, 5) is 16.4. The Kier molecular flexibility index (Phi) is 5.36. The maximum Gasteiger partial charge on any atom is 0.286 e. The molecule has 4 aliphatic rings. The van der Waals surface area contributed by atoms with E-state index in [2.05, 4.69) is 30.3 Å². The van der Waals surface area contributed by atoms with Crippen molar-refractivity contribution < 1.29 is 28.5 Å². The van der Waals surface area contributed by atoms with E-state index >= 15 is 0 Å². The summed E-state index contributed by atoms with van der Waals surface area (Å²) >= 11 is 0. The summed E-state index contributed by atoms with van der Waals surface area (Å²) in [6.07, 6.45) is -0.120. The third-order valence-corrected chi connectivity index (χ3v) is 7.43. The number of ether oxygens (including phenoxy) is 5. The van der Waals surface area contributed by atoms with E-state index in [4.69, 9.17) is 23.7 Å². The SMILES string of the molecule is CC1(C)OC[C@@H]2O[C@@]3(C(=O)N4CCc5ccccc5[C@H]4Cc4ccccc4)OC(C)(C)O[C@H]3[C@@H]2O1. The van der Waals surface area contributed by atoms with Gasteiger partial charge in [0.2, 0.25) is 0 Å². The highest BCUT2D eigenvalue weighted by Gasteiger charge is 2.72. The number of carbonyl (C=O) groups is 1. The molecule has 2 aromatic carbocycles. The number of amides is 1. The number of nitrogens with zero attached hydrogens (tertiary/aromatic N) is 1. The van der Waals surface area contributed by atoms with E-state index in [-0.39, 0.29) is 11.9 Å². The van der Waals surface area contributed by atoms with Gasteiger partial charge in [0, 0.05) is 6.54 Å². The van der Waals surface area contributed by atoms with Gasteiger partial charge in [0.15, 0.2) is 17.7 Å². The predicted octanol–water partition coefficient (Wildman–Crippen LogP) is 3.75. The molecule has 7 heteroatoms. The van der Waals surface area contributed by atoms with Crippen LogP contribution in [0.25, 0.3) is 0 Å². The molecule has 186 valence electrons. The molecule has 35 heavy (non-hydrogen) atoms. The Balaban J connectivity index is 1.38. The molecule has 0 bridgehead atoms. The topological polar surface area (TPSA) is 66.5 Å². The average Bonchev–Trinajstić information content (AvgIpc) is 3.27. The Morgan fingerprint density at radius 1 is 0.943 bits per heavy atom. The van der Waals surface area contributed by atoms with Gasteiger partial charge in [-0.15, -0.1) is 0 Å². The predicted molar refractivity (Wildman–Crippen MR) is 127 cm³/mol. The van der Waals surface area contributed by atoms with Gasteiger partial charge in [0.1, 0.15) is 12.2 Å². The first-order chi connectivity index (χ1) is 16.7. The van der Waals surface area contributed by atoms with Crippen LogP contribution in [0.15, 0.2) is 54.6 Å². The molecule has 3 fully saturated rings. The van der Waals surface area contributed by atoms with Crippen molar-refractivity contribution in [2.45, 2.75) is 82.3 Å². The molecule has 0 unspecified atom stereocenters. The van der Waals surface area contributed by atoms with Crippen LogP contribution in [0.3, 0.4) is 0 Å². The highest BCUT2D eigenvalue weighted by molar-refractivity contribution is 5.86. The normalized spacial score (nSPS) is 34.7. The zero-order valence-corrected chi connectivity index (χ0v) is 20.7. The van der Waals surface area contributed by atoms with Gasteiger partial charge in [-0.3, -0.25) is 4.79 Å². The molecule has 7 nitrogen and oxygen atoms in total. The summed E-state index contributed by atoms with van der Waals surface area (Å²) < 4.78 is 31.1. The number of carbonyl (C=O) groups excluding carboxylic acids is 1. The summed E-state index contributed by atoms with van der Waals surface area (Å²) in [7, 11) is 0. The van der Waals surface area contributed by atoms with Crippen molar-refractivity contribution in [2.75, 3.05) is 13.2 Å². The number of hydrogen-bond acceptors (Lipinski definition) is 6. The van der Waals surface area contributed by atoms with Gasteiger partial charge in [-0.2, -0.15) is 0 Å². The van der Waals surface area contributed by atoms with Crippen LogP contribution in [-0.2, 0) is 41.3 Å². The fraction of sp³-hybridized carbons (Fsp3) is 0.536. The van der Waals surface area contributed by atoms with Crippen molar-refractivity contribution in [2.24, 2.45) is 0 Å². The van der Waals surface area contributed by atoms with Gasteiger partial charge in [-0.05, 0) is 57.2 Å². The van der Waals surface area contributed by atoms with Gasteiger partial charge < -0.3 is 28.6 Å². The molecule has 2 aromatic rings. The maximum absolute atomic E-state index is 14.5. The van der Waals surface area contributed by atoms with Gasteiger partial charge >= 0.3 is 0 Å². The molecule has 4 heterocycles. The second-order valence-electron chi connectivity index (χ2n) is 10.8. The van der Waals surface area contributed by atoms with Crippen LogP contribution in [0, 0.1) is 0 Å². The van der Waals surface area contributed by atoms with Crippen LogP contribution < -0.4 is 0 Å². The number of hydrogen-bond donors (Lipinski definition) is 0. The third-order valence-electron chi connectivity index (χ3n) is 7.43. The standard InChI is InChI=1S/C28H33NO6/c1-26(2)31-17-22-23(33-26)24-28(32-22,35-27(3,4)34-24)25(30)29-15-14-19-12-8-9-13-20(19)21(29)16-18-10-6-5-7-11-18/h5-13,21-24H,14-17H2,1-4H3/t21-,22+,23-,24+,28-/m1/s1. The summed E-state index contributed by atoms with van der Waals surface area (Å²) in [6.45, 7) is 8.25. The molecule has 6 rings (SSSR count). The minimum Gasteiger partial charge on any atom is -0.348 e. The maximum atomic E-state index is 14.5. The van der Waals surface area contributed by atoms with E-state index in [1.54, 1.807) is 0 Å². The van der Waals surface area contributed by atoms with Gasteiger partial charge in [0.25, 0.3) is 11.7 Å². The highest BCUT2D eigenvalue weighted by Crippen LogP contribution is 2.51. The quantitative estimate of drug-likeness (QED) is 0.668. The number of benzene rings is 2. The van der Waals surface area contributed by atoms with Crippen molar-refractivity contribution in [3.05, 3.63) is 71.3 Å². The molecule has 0 spiro atoms. The van der Waals surface area contributed by atoms with E-state index in [0.29, 0.717) is 19.6 Å². The van der Waals surface area contributed by atoms with Crippen LogP contribution in [-0.4, -0.2) is 59.6 Å².